The lowest BCUT2D eigenvalue weighted by atomic mass is 10.1. The maximum atomic E-state index is 13.5. The highest BCUT2D eigenvalue weighted by molar-refractivity contribution is 7.32. The summed E-state index contributed by atoms with van der Waals surface area (Å²) < 4.78 is 33.2. The van der Waals surface area contributed by atoms with Crippen molar-refractivity contribution in [2.75, 3.05) is 13.2 Å². The number of carbonyl (C=O) groups is 1. The monoisotopic (exact) mass is 259 g/mol. The van der Waals surface area contributed by atoms with Crippen molar-refractivity contribution in [3.8, 4) is 5.75 Å². The average Bonchev–Trinajstić information content (AvgIpc) is 2.71. The first-order chi connectivity index (χ1) is 8.08. The summed E-state index contributed by atoms with van der Waals surface area (Å²) in [6.45, 7) is -0.159. The minimum absolute atomic E-state index is 0.147. The molecule has 0 aliphatic carbocycles. The summed E-state index contributed by atoms with van der Waals surface area (Å²) in [4.78, 5) is 19.9. The van der Waals surface area contributed by atoms with E-state index in [9.17, 15) is 13.8 Å². The maximum Gasteiger partial charge on any atom is 0.695 e. The van der Waals surface area contributed by atoms with Gasteiger partial charge in [0.25, 0.3) is 0 Å². The van der Waals surface area contributed by atoms with Gasteiger partial charge in [-0.15, -0.1) is 9.42 Å². The summed E-state index contributed by atoms with van der Waals surface area (Å²) in [5, 5.41) is 0. The van der Waals surface area contributed by atoms with Crippen LogP contribution in [0.15, 0.2) is 12.1 Å². The number of carbonyl (C=O) groups excluding carboxylic acids is 1. The van der Waals surface area contributed by atoms with E-state index in [0.29, 0.717) is 18.8 Å². The second-order valence-corrected chi connectivity index (χ2v) is 4.21. The summed E-state index contributed by atoms with van der Waals surface area (Å²) in [5.41, 5.74) is 0.606. The molecule has 17 heavy (non-hydrogen) atoms. The topological polar surface area (TPSA) is 72.8 Å². The van der Waals surface area contributed by atoms with E-state index in [2.05, 4.69) is 4.52 Å². The van der Waals surface area contributed by atoms with Crippen molar-refractivity contribution in [3.63, 3.8) is 0 Å². The number of fused-ring (bicyclic) bond motifs is 1. The Morgan fingerprint density at radius 2 is 2.35 bits per heavy atom. The SMILES string of the molecule is O=C(CO[P+](=O)O)c1cc2c(cc1F)OCC2. The Labute approximate surface area is 97.1 Å². The highest BCUT2D eigenvalue weighted by atomic mass is 31.1. The van der Waals surface area contributed by atoms with Crippen LogP contribution in [-0.2, 0) is 15.5 Å². The third-order valence-electron chi connectivity index (χ3n) is 2.39. The molecule has 1 heterocycles. The van der Waals surface area contributed by atoms with Gasteiger partial charge in [-0.3, -0.25) is 4.79 Å². The molecular weight excluding hydrogens is 250 g/mol. The van der Waals surface area contributed by atoms with Gasteiger partial charge >= 0.3 is 8.25 Å². The molecular formula is C10H9FO5P+. The fourth-order valence-corrected chi connectivity index (χ4v) is 1.83. The lowest BCUT2D eigenvalue weighted by Gasteiger charge is -2.03. The molecule has 0 aromatic heterocycles. The molecule has 1 atom stereocenters. The molecule has 5 nitrogen and oxygen atoms in total. The Hall–Kier alpha value is -1.36. The van der Waals surface area contributed by atoms with Gasteiger partial charge in [-0.1, -0.05) is 0 Å². The number of ketones is 1. The number of Topliss-reactive ketones (excluding diaryl/α,β-unsaturated/α-hetero) is 1. The average molecular weight is 259 g/mol. The van der Waals surface area contributed by atoms with Crippen molar-refractivity contribution in [2.24, 2.45) is 0 Å². The fourth-order valence-electron chi connectivity index (χ4n) is 1.61. The molecule has 2 rings (SSSR count). The fraction of sp³-hybridized carbons (Fsp3) is 0.300. The summed E-state index contributed by atoms with van der Waals surface area (Å²) in [6.07, 6.45) is 0.616. The molecule has 0 radical (unpaired) electrons. The Morgan fingerprint density at radius 1 is 1.59 bits per heavy atom. The van der Waals surface area contributed by atoms with Crippen LogP contribution in [0.2, 0.25) is 0 Å². The van der Waals surface area contributed by atoms with E-state index in [1.807, 2.05) is 0 Å². The Morgan fingerprint density at radius 3 is 3.06 bits per heavy atom. The molecule has 1 unspecified atom stereocenters. The Balaban J connectivity index is 2.20. The number of rotatable bonds is 4. The van der Waals surface area contributed by atoms with Crippen LogP contribution in [0.1, 0.15) is 15.9 Å². The summed E-state index contributed by atoms with van der Waals surface area (Å²) >= 11 is 0. The number of halogens is 1. The second-order valence-electron chi connectivity index (χ2n) is 3.47. The first kappa shape index (κ1) is 12.1. The van der Waals surface area contributed by atoms with Crippen LogP contribution in [0.4, 0.5) is 4.39 Å². The van der Waals surface area contributed by atoms with Crippen molar-refractivity contribution < 1.29 is 27.9 Å². The van der Waals surface area contributed by atoms with Gasteiger partial charge in [0.15, 0.2) is 12.4 Å². The molecule has 0 saturated carbocycles. The quantitative estimate of drug-likeness (QED) is 0.656. The highest BCUT2D eigenvalue weighted by Crippen LogP contribution is 2.28. The molecule has 0 amide bonds. The second kappa shape index (κ2) is 4.87. The maximum absolute atomic E-state index is 13.5. The minimum Gasteiger partial charge on any atom is -0.493 e. The summed E-state index contributed by atoms with van der Waals surface area (Å²) in [7, 11) is -2.86. The van der Waals surface area contributed by atoms with Gasteiger partial charge in [-0.25, -0.2) is 4.39 Å². The van der Waals surface area contributed by atoms with Crippen LogP contribution in [0.5, 0.6) is 5.75 Å². The van der Waals surface area contributed by atoms with E-state index >= 15 is 0 Å². The standard InChI is InChI=1S/C10H8FO5P/c11-8-4-10-6(1-2-15-10)3-7(8)9(12)5-16-17(13)14/h3-4H,1-2,5H2/p+1. The summed E-state index contributed by atoms with van der Waals surface area (Å²) in [5.74, 6) is -0.949. The van der Waals surface area contributed by atoms with Crippen molar-refractivity contribution in [3.05, 3.63) is 29.1 Å². The molecule has 1 aromatic carbocycles. The van der Waals surface area contributed by atoms with Gasteiger partial charge in [0.05, 0.1) is 12.2 Å². The predicted molar refractivity (Wildman–Crippen MR) is 55.7 cm³/mol. The van der Waals surface area contributed by atoms with Crippen LogP contribution < -0.4 is 4.74 Å². The van der Waals surface area contributed by atoms with Gasteiger partial charge in [0, 0.05) is 17.1 Å². The summed E-state index contributed by atoms with van der Waals surface area (Å²) in [6, 6.07) is 2.54. The number of hydrogen-bond acceptors (Lipinski definition) is 4. The Kier molecular flexibility index (Phi) is 3.47. The van der Waals surface area contributed by atoms with Gasteiger partial charge < -0.3 is 4.74 Å². The number of ether oxygens (including phenoxy) is 1. The molecule has 7 heteroatoms. The third-order valence-corrected chi connectivity index (χ3v) is 2.74. The van der Waals surface area contributed by atoms with Gasteiger partial charge in [0.2, 0.25) is 0 Å². The van der Waals surface area contributed by atoms with E-state index in [1.54, 1.807) is 0 Å². The van der Waals surface area contributed by atoms with E-state index in [1.165, 1.54) is 6.07 Å². The molecule has 1 aromatic rings. The van der Waals surface area contributed by atoms with Crippen molar-refractivity contribution >= 4 is 14.0 Å². The zero-order chi connectivity index (χ0) is 12.4. The van der Waals surface area contributed by atoms with Crippen LogP contribution in [-0.4, -0.2) is 23.9 Å². The molecule has 0 bridgehead atoms. The van der Waals surface area contributed by atoms with Crippen molar-refractivity contribution in [2.45, 2.75) is 6.42 Å². The lowest BCUT2D eigenvalue weighted by Crippen LogP contribution is -2.09. The van der Waals surface area contributed by atoms with E-state index in [0.717, 1.165) is 11.6 Å². The molecule has 1 N–H and O–H groups in total. The van der Waals surface area contributed by atoms with E-state index in [-0.39, 0.29) is 5.56 Å². The molecule has 0 spiro atoms. The molecule has 0 saturated heterocycles. The Bertz CT molecular complexity index is 488. The van der Waals surface area contributed by atoms with Crippen LogP contribution in [0.3, 0.4) is 0 Å². The normalized spacial score (nSPS) is 14.1. The third kappa shape index (κ3) is 2.66. The van der Waals surface area contributed by atoms with E-state index in [4.69, 9.17) is 9.63 Å². The lowest BCUT2D eigenvalue weighted by molar-refractivity contribution is 0.0912. The van der Waals surface area contributed by atoms with Crippen molar-refractivity contribution in [1.29, 1.82) is 0 Å². The van der Waals surface area contributed by atoms with Crippen LogP contribution in [0, 0.1) is 5.82 Å². The first-order valence-electron chi connectivity index (χ1n) is 4.85. The predicted octanol–water partition coefficient (Wildman–Crippen LogP) is 1.61. The molecule has 0 fully saturated rings. The molecule has 1 aliphatic rings. The smallest absolute Gasteiger partial charge is 0.493 e. The zero-order valence-electron chi connectivity index (χ0n) is 8.68. The van der Waals surface area contributed by atoms with Crippen LogP contribution >= 0.6 is 8.25 Å². The van der Waals surface area contributed by atoms with Gasteiger partial charge in [-0.05, 0) is 11.6 Å². The van der Waals surface area contributed by atoms with Crippen molar-refractivity contribution in [1.82, 2.24) is 0 Å². The first-order valence-corrected chi connectivity index (χ1v) is 5.98. The van der Waals surface area contributed by atoms with Gasteiger partial charge in [-0.2, -0.15) is 0 Å². The number of hydrogen-bond donors (Lipinski definition) is 1. The largest absolute Gasteiger partial charge is 0.695 e. The molecule has 90 valence electrons. The van der Waals surface area contributed by atoms with Gasteiger partial charge in [0.1, 0.15) is 11.6 Å². The van der Waals surface area contributed by atoms with E-state index < -0.39 is 26.5 Å². The molecule has 1 aliphatic heterocycles. The highest BCUT2D eigenvalue weighted by Gasteiger charge is 2.23. The number of benzene rings is 1. The minimum atomic E-state index is -2.86. The van der Waals surface area contributed by atoms with Crippen LogP contribution in [0.25, 0.3) is 0 Å². The zero-order valence-corrected chi connectivity index (χ0v) is 9.58.